The van der Waals surface area contributed by atoms with Crippen LogP contribution >= 0.6 is 0 Å². The Bertz CT molecular complexity index is 1280. The molecule has 0 radical (unpaired) electrons. The van der Waals surface area contributed by atoms with Crippen molar-refractivity contribution in [3.63, 3.8) is 0 Å². The lowest BCUT2D eigenvalue weighted by molar-refractivity contribution is -0.139. The number of halogens is 2. The summed E-state index contributed by atoms with van der Waals surface area (Å²) in [5.74, 6) is -0.393. The maximum atomic E-state index is 15.3. The highest BCUT2D eigenvalue weighted by Crippen LogP contribution is 2.35. The summed E-state index contributed by atoms with van der Waals surface area (Å²) >= 11 is 0. The van der Waals surface area contributed by atoms with Crippen LogP contribution in [-0.4, -0.2) is 19.8 Å². The summed E-state index contributed by atoms with van der Waals surface area (Å²) in [6.45, 7) is -0.687. The van der Waals surface area contributed by atoms with E-state index in [1.54, 1.807) is 36.4 Å². The van der Waals surface area contributed by atoms with Crippen molar-refractivity contribution >= 4 is 16.9 Å². The standard InChI is InChI=1S/C26H23F2NO4/c1-31-24(30)13-17-5-2-3-8-23(17)33-15-16-11-18-9-10-32-26(18)21(12-16)19-6-4-7-20(25(19)28)22(29)14-27/h2-12,22H,13-15,29H2,1H3. The second-order valence-corrected chi connectivity index (χ2v) is 7.60. The first kappa shape index (κ1) is 22.5. The van der Waals surface area contributed by atoms with Gasteiger partial charge in [-0.2, -0.15) is 0 Å². The van der Waals surface area contributed by atoms with Crippen LogP contribution in [0.5, 0.6) is 5.75 Å². The topological polar surface area (TPSA) is 74.7 Å². The quantitative estimate of drug-likeness (QED) is 0.358. The van der Waals surface area contributed by atoms with Crippen molar-refractivity contribution in [3.05, 3.63) is 89.4 Å². The number of rotatable bonds is 8. The van der Waals surface area contributed by atoms with Gasteiger partial charge in [0.05, 0.1) is 25.8 Å². The fourth-order valence-corrected chi connectivity index (χ4v) is 3.73. The maximum absolute atomic E-state index is 15.3. The van der Waals surface area contributed by atoms with Gasteiger partial charge in [-0.1, -0.05) is 36.4 Å². The summed E-state index contributed by atoms with van der Waals surface area (Å²) < 4.78 is 44.7. The number of nitrogens with two attached hydrogens (primary N) is 1. The molecule has 5 nitrogen and oxygen atoms in total. The Kier molecular flexibility index (Phi) is 6.70. The lowest BCUT2D eigenvalue weighted by Gasteiger charge is -2.14. The number of para-hydroxylation sites is 1. The molecule has 0 aliphatic carbocycles. The first-order valence-electron chi connectivity index (χ1n) is 10.4. The van der Waals surface area contributed by atoms with Gasteiger partial charge in [0.25, 0.3) is 0 Å². The molecular weight excluding hydrogens is 428 g/mol. The van der Waals surface area contributed by atoms with Crippen LogP contribution in [0, 0.1) is 5.82 Å². The number of furan rings is 1. The molecule has 0 amide bonds. The number of esters is 1. The molecule has 0 fully saturated rings. The average molecular weight is 451 g/mol. The van der Waals surface area contributed by atoms with Gasteiger partial charge in [-0.25, -0.2) is 8.78 Å². The third kappa shape index (κ3) is 4.73. The Morgan fingerprint density at radius 1 is 1.09 bits per heavy atom. The fourth-order valence-electron chi connectivity index (χ4n) is 3.73. The van der Waals surface area contributed by atoms with Crippen molar-refractivity contribution < 1.29 is 27.5 Å². The number of benzene rings is 3. The van der Waals surface area contributed by atoms with E-state index in [-0.39, 0.29) is 30.1 Å². The van der Waals surface area contributed by atoms with E-state index in [0.29, 0.717) is 22.5 Å². The summed E-state index contributed by atoms with van der Waals surface area (Å²) in [7, 11) is 1.34. The van der Waals surface area contributed by atoms with E-state index in [2.05, 4.69) is 0 Å². The second kappa shape index (κ2) is 9.83. The van der Waals surface area contributed by atoms with Crippen LogP contribution in [0.25, 0.3) is 22.1 Å². The molecule has 0 aliphatic heterocycles. The fraction of sp³-hybridized carbons (Fsp3) is 0.192. The van der Waals surface area contributed by atoms with Crippen LogP contribution in [0.15, 0.2) is 71.3 Å². The van der Waals surface area contributed by atoms with Crippen molar-refractivity contribution in [2.75, 3.05) is 13.8 Å². The van der Waals surface area contributed by atoms with Gasteiger partial charge >= 0.3 is 5.97 Å². The minimum atomic E-state index is -1.05. The lowest BCUT2D eigenvalue weighted by atomic mass is 9.96. The molecule has 7 heteroatoms. The Labute approximate surface area is 189 Å². The molecule has 4 rings (SSSR count). The predicted octanol–water partition coefficient (Wildman–Crippen LogP) is 5.50. The van der Waals surface area contributed by atoms with Crippen molar-refractivity contribution in [1.29, 1.82) is 0 Å². The molecule has 170 valence electrons. The minimum Gasteiger partial charge on any atom is -0.489 e. The summed E-state index contributed by atoms with van der Waals surface area (Å²) in [5, 5.41) is 0.772. The molecule has 0 saturated heterocycles. The van der Waals surface area contributed by atoms with Crippen LogP contribution < -0.4 is 10.5 Å². The molecular formula is C26H23F2NO4. The molecule has 4 aromatic rings. The molecule has 3 aromatic carbocycles. The van der Waals surface area contributed by atoms with Gasteiger partial charge in [0.15, 0.2) is 0 Å². The van der Waals surface area contributed by atoms with Crippen molar-refractivity contribution in [2.45, 2.75) is 19.1 Å². The van der Waals surface area contributed by atoms with E-state index >= 15 is 4.39 Å². The molecule has 33 heavy (non-hydrogen) atoms. The number of fused-ring (bicyclic) bond motifs is 1. The van der Waals surface area contributed by atoms with Gasteiger partial charge < -0.3 is 19.6 Å². The Balaban J connectivity index is 1.69. The summed E-state index contributed by atoms with van der Waals surface area (Å²) in [6.07, 6.45) is 1.62. The zero-order chi connectivity index (χ0) is 23.4. The summed E-state index contributed by atoms with van der Waals surface area (Å²) in [6, 6.07) is 16.3. The highest BCUT2D eigenvalue weighted by Gasteiger charge is 2.19. The van der Waals surface area contributed by atoms with Crippen LogP contribution in [0.1, 0.15) is 22.7 Å². The zero-order valence-electron chi connectivity index (χ0n) is 18.0. The highest BCUT2D eigenvalue weighted by molar-refractivity contribution is 5.93. The first-order chi connectivity index (χ1) is 16.0. The van der Waals surface area contributed by atoms with Crippen molar-refractivity contribution in [3.8, 4) is 16.9 Å². The van der Waals surface area contributed by atoms with E-state index in [1.165, 1.54) is 19.4 Å². The van der Waals surface area contributed by atoms with Crippen molar-refractivity contribution in [2.24, 2.45) is 5.73 Å². The minimum absolute atomic E-state index is 0.0888. The molecule has 0 spiro atoms. The molecule has 0 aliphatic rings. The predicted molar refractivity (Wildman–Crippen MR) is 121 cm³/mol. The third-order valence-electron chi connectivity index (χ3n) is 5.42. The largest absolute Gasteiger partial charge is 0.489 e. The van der Waals surface area contributed by atoms with E-state index in [1.807, 2.05) is 18.2 Å². The molecule has 1 heterocycles. The van der Waals surface area contributed by atoms with E-state index in [0.717, 1.165) is 10.9 Å². The molecule has 0 saturated carbocycles. The van der Waals surface area contributed by atoms with Crippen molar-refractivity contribution in [1.82, 2.24) is 0 Å². The number of hydrogen-bond donors (Lipinski definition) is 1. The molecule has 1 aromatic heterocycles. The SMILES string of the molecule is COC(=O)Cc1ccccc1OCc1cc(-c2cccc(C(N)CF)c2F)c2occc2c1. The lowest BCUT2D eigenvalue weighted by Crippen LogP contribution is -2.14. The van der Waals surface area contributed by atoms with Gasteiger partial charge in [0, 0.05) is 27.6 Å². The van der Waals surface area contributed by atoms with Gasteiger partial charge in [-0.05, 0) is 29.8 Å². The zero-order valence-corrected chi connectivity index (χ0v) is 18.0. The molecule has 0 bridgehead atoms. The summed E-state index contributed by atoms with van der Waals surface area (Å²) in [5.41, 5.74) is 8.62. The Morgan fingerprint density at radius 3 is 2.70 bits per heavy atom. The Hall–Kier alpha value is -3.71. The van der Waals surface area contributed by atoms with Gasteiger partial charge in [0.2, 0.25) is 0 Å². The number of hydrogen-bond acceptors (Lipinski definition) is 5. The number of carbonyl (C=O) groups excluding carboxylic acids is 1. The number of methoxy groups -OCH3 is 1. The Morgan fingerprint density at radius 2 is 1.91 bits per heavy atom. The van der Waals surface area contributed by atoms with Gasteiger partial charge in [-0.15, -0.1) is 0 Å². The molecule has 1 atom stereocenters. The van der Waals surface area contributed by atoms with Crippen LogP contribution in [0.3, 0.4) is 0 Å². The van der Waals surface area contributed by atoms with E-state index in [4.69, 9.17) is 19.6 Å². The third-order valence-corrected chi connectivity index (χ3v) is 5.42. The van der Waals surface area contributed by atoms with Crippen LogP contribution in [0.2, 0.25) is 0 Å². The number of alkyl halides is 1. The van der Waals surface area contributed by atoms with Crippen LogP contribution in [-0.2, 0) is 22.6 Å². The van der Waals surface area contributed by atoms with Crippen LogP contribution in [0.4, 0.5) is 8.78 Å². The number of carbonyl (C=O) groups is 1. The average Bonchev–Trinajstić information content (AvgIpc) is 3.31. The van der Waals surface area contributed by atoms with E-state index in [9.17, 15) is 9.18 Å². The normalized spacial score (nSPS) is 12.0. The van der Waals surface area contributed by atoms with Gasteiger partial charge in [-0.3, -0.25) is 4.79 Å². The highest BCUT2D eigenvalue weighted by atomic mass is 19.1. The molecule has 1 unspecified atom stereocenters. The van der Waals surface area contributed by atoms with Gasteiger partial charge in [0.1, 0.15) is 30.4 Å². The first-order valence-corrected chi connectivity index (χ1v) is 10.4. The maximum Gasteiger partial charge on any atom is 0.310 e. The molecule has 2 N–H and O–H groups in total. The monoisotopic (exact) mass is 451 g/mol. The number of ether oxygens (including phenoxy) is 2. The smallest absolute Gasteiger partial charge is 0.310 e. The van der Waals surface area contributed by atoms with E-state index < -0.39 is 18.5 Å². The summed E-state index contributed by atoms with van der Waals surface area (Å²) in [4.78, 5) is 11.7. The second-order valence-electron chi connectivity index (χ2n) is 7.60.